The fourth-order valence-corrected chi connectivity index (χ4v) is 2.86. The predicted octanol–water partition coefficient (Wildman–Crippen LogP) is 3.08. The fraction of sp³-hybridized carbons (Fsp3) is 0.350. The van der Waals surface area contributed by atoms with Gasteiger partial charge in [-0.25, -0.2) is 0 Å². The maximum atomic E-state index is 12.9. The van der Waals surface area contributed by atoms with Crippen LogP contribution >= 0.6 is 0 Å². The Morgan fingerprint density at radius 3 is 2.58 bits per heavy atom. The molecule has 2 aliphatic rings. The molecule has 6 heteroatoms. The fourth-order valence-electron chi connectivity index (χ4n) is 2.86. The van der Waals surface area contributed by atoms with E-state index in [9.17, 15) is 9.59 Å². The second-order valence-electron chi connectivity index (χ2n) is 6.51. The molecule has 1 aromatic rings. The van der Waals surface area contributed by atoms with Gasteiger partial charge in [0.2, 0.25) is 0 Å². The van der Waals surface area contributed by atoms with Crippen molar-refractivity contribution in [3.63, 3.8) is 0 Å². The molecule has 1 N–H and O–H groups in total. The Hall–Kier alpha value is -2.89. The van der Waals surface area contributed by atoms with Crippen LogP contribution in [-0.2, 0) is 6.54 Å². The zero-order valence-corrected chi connectivity index (χ0v) is 15.4. The van der Waals surface area contributed by atoms with Gasteiger partial charge >= 0.3 is 0 Å². The monoisotopic (exact) mass is 352 g/mol. The van der Waals surface area contributed by atoms with Crippen LogP contribution in [0.1, 0.15) is 44.0 Å². The minimum Gasteiger partial charge on any atom is -0.353 e. The number of pyridine rings is 1. The van der Waals surface area contributed by atoms with Gasteiger partial charge in [-0.15, -0.1) is 0 Å². The summed E-state index contributed by atoms with van der Waals surface area (Å²) in [7, 11) is 0. The molecule has 1 atom stereocenters. The second-order valence-corrected chi connectivity index (χ2v) is 6.51. The number of amides is 1. The Kier molecular flexibility index (Phi) is 5.21. The summed E-state index contributed by atoms with van der Waals surface area (Å²) < 4.78 is 3.26. The number of hydrogen-bond donors (Lipinski definition) is 1. The Morgan fingerprint density at radius 1 is 1.19 bits per heavy atom. The van der Waals surface area contributed by atoms with Gasteiger partial charge < -0.3 is 9.88 Å². The number of para-hydroxylation sites is 1. The second kappa shape index (κ2) is 7.56. The van der Waals surface area contributed by atoms with Crippen molar-refractivity contribution in [2.24, 2.45) is 0 Å². The van der Waals surface area contributed by atoms with Crippen molar-refractivity contribution in [3.8, 4) is 16.9 Å². The van der Waals surface area contributed by atoms with E-state index in [1.54, 1.807) is 12.4 Å². The van der Waals surface area contributed by atoms with Crippen LogP contribution in [-0.4, -0.2) is 26.3 Å². The van der Waals surface area contributed by atoms with E-state index < -0.39 is 0 Å². The zero-order valence-electron chi connectivity index (χ0n) is 15.4. The molecule has 1 amide bonds. The van der Waals surface area contributed by atoms with Crippen LogP contribution < -0.4 is 10.9 Å². The third-order valence-electron chi connectivity index (χ3n) is 4.44. The number of rotatable bonds is 6. The molecule has 2 heterocycles. The molecule has 0 saturated heterocycles. The van der Waals surface area contributed by atoms with Gasteiger partial charge in [-0.3, -0.25) is 9.59 Å². The summed E-state index contributed by atoms with van der Waals surface area (Å²) in [4.78, 5) is 25.7. The number of hydrogen-bond acceptors (Lipinski definition) is 3. The van der Waals surface area contributed by atoms with E-state index >= 15 is 0 Å². The van der Waals surface area contributed by atoms with Crippen molar-refractivity contribution in [2.75, 3.05) is 0 Å². The van der Waals surface area contributed by atoms with Crippen molar-refractivity contribution >= 4 is 5.91 Å². The Morgan fingerprint density at radius 2 is 1.92 bits per heavy atom. The maximum Gasteiger partial charge on any atom is 0.282 e. The molecule has 136 valence electrons. The number of nitrogens with zero attached hydrogens (tertiary/aromatic N) is 3. The van der Waals surface area contributed by atoms with Crippen molar-refractivity contribution in [3.05, 3.63) is 58.6 Å². The number of fused-ring (bicyclic) bond motifs is 1. The lowest BCUT2D eigenvalue weighted by Gasteiger charge is -2.15. The van der Waals surface area contributed by atoms with Gasteiger partial charge in [0.1, 0.15) is 5.69 Å². The summed E-state index contributed by atoms with van der Waals surface area (Å²) in [5.41, 5.74) is 1.80. The lowest BCUT2D eigenvalue weighted by molar-refractivity contribution is 0.0939. The highest BCUT2D eigenvalue weighted by Gasteiger charge is 2.24. The van der Waals surface area contributed by atoms with E-state index in [0.29, 0.717) is 22.5 Å². The van der Waals surface area contributed by atoms with Gasteiger partial charge in [-0.2, -0.15) is 9.78 Å². The van der Waals surface area contributed by atoms with E-state index in [4.69, 9.17) is 0 Å². The predicted molar refractivity (Wildman–Crippen MR) is 102 cm³/mol. The van der Waals surface area contributed by atoms with Crippen molar-refractivity contribution in [1.29, 1.82) is 0 Å². The van der Waals surface area contributed by atoms with Crippen LogP contribution in [0, 0.1) is 0 Å². The minimum absolute atomic E-state index is 0.0558. The first-order chi connectivity index (χ1) is 12.5. The van der Waals surface area contributed by atoms with Crippen LogP contribution in [0.4, 0.5) is 0 Å². The molecule has 1 aromatic carbocycles. The van der Waals surface area contributed by atoms with Gasteiger partial charge in [-0.1, -0.05) is 32.0 Å². The average molecular weight is 352 g/mol. The van der Waals surface area contributed by atoms with E-state index in [2.05, 4.69) is 17.3 Å². The first-order valence-electron chi connectivity index (χ1n) is 9.04. The smallest absolute Gasteiger partial charge is 0.282 e. The molecular formula is C20H24N4O2. The summed E-state index contributed by atoms with van der Waals surface area (Å²) in [6.45, 7) is 6.76. The molecule has 0 spiro atoms. The van der Waals surface area contributed by atoms with Gasteiger partial charge in [-0.05, 0) is 31.9 Å². The third kappa shape index (κ3) is 3.40. The van der Waals surface area contributed by atoms with Crippen LogP contribution in [0.15, 0.2) is 47.5 Å². The number of aryl methyl sites for hydroxylation is 1. The molecule has 3 rings (SSSR count). The first kappa shape index (κ1) is 17.9. The first-order valence-corrected chi connectivity index (χ1v) is 9.04. The molecular weight excluding hydrogens is 328 g/mol. The van der Waals surface area contributed by atoms with Crippen molar-refractivity contribution in [2.45, 2.75) is 46.2 Å². The Bertz CT molecular complexity index is 927. The molecule has 2 aliphatic heterocycles. The Labute approximate surface area is 152 Å². The molecule has 26 heavy (non-hydrogen) atoms. The van der Waals surface area contributed by atoms with Crippen LogP contribution in [0.2, 0.25) is 0 Å². The number of carbonyl (C=O) groups is 1. The minimum atomic E-state index is -0.214. The number of carbonyl (C=O) groups excluding carboxylic acids is 1. The van der Waals surface area contributed by atoms with Gasteiger partial charge in [0.05, 0.1) is 16.8 Å². The molecule has 0 aliphatic carbocycles. The van der Waals surface area contributed by atoms with Gasteiger partial charge in [0.15, 0.2) is 0 Å². The highest BCUT2D eigenvalue weighted by molar-refractivity contribution is 6.00. The lowest BCUT2D eigenvalue weighted by atomic mass is 10.1. The van der Waals surface area contributed by atoms with Crippen molar-refractivity contribution in [1.82, 2.24) is 19.7 Å². The molecule has 0 unspecified atom stereocenters. The number of aromatic nitrogens is 3. The van der Waals surface area contributed by atoms with Gasteiger partial charge in [0, 0.05) is 25.0 Å². The third-order valence-corrected chi connectivity index (χ3v) is 4.44. The summed E-state index contributed by atoms with van der Waals surface area (Å²) in [6, 6.07) is 9.31. The molecule has 0 fully saturated rings. The van der Waals surface area contributed by atoms with E-state index in [-0.39, 0.29) is 17.5 Å². The standard InChI is InChI=1S/C20H24N4O2/c1-4-11-23-12-16(19(25)21-14(3)5-2)18-17(13-23)20(26)24(22-18)15-9-7-6-8-10-15/h6-10,12-14H,4-5,11H2,1-3H3,(H,21,25)/t14-/m0/s1. The molecule has 0 saturated carbocycles. The Balaban J connectivity index is 2.17. The van der Waals surface area contributed by atoms with Gasteiger partial charge in [0.25, 0.3) is 11.5 Å². The summed E-state index contributed by atoms with van der Waals surface area (Å²) in [5, 5.41) is 7.44. The topological polar surface area (TPSA) is 68.9 Å². The largest absolute Gasteiger partial charge is 0.353 e. The normalized spacial score (nSPS) is 12.3. The number of benzene rings is 1. The van der Waals surface area contributed by atoms with E-state index in [1.165, 1.54) is 4.68 Å². The SMILES string of the molecule is CCCn1cc(C(=O)N[C@@H](C)CC)c2nn(-c3ccccc3)c(=O)c-2c1. The summed E-state index contributed by atoms with van der Waals surface area (Å²) in [5.74, 6) is -0.201. The van der Waals surface area contributed by atoms with Crippen molar-refractivity contribution < 1.29 is 4.79 Å². The zero-order chi connectivity index (χ0) is 18.7. The highest BCUT2D eigenvalue weighted by atomic mass is 16.2. The van der Waals surface area contributed by atoms with Crippen LogP contribution in [0.5, 0.6) is 0 Å². The van der Waals surface area contributed by atoms with Crippen LogP contribution in [0.25, 0.3) is 16.9 Å². The number of nitrogens with one attached hydrogen (secondary N) is 1. The van der Waals surface area contributed by atoms with Crippen LogP contribution in [0.3, 0.4) is 0 Å². The average Bonchev–Trinajstić information content (AvgIpc) is 2.99. The maximum absolute atomic E-state index is 12.9. The quantitative estimate of drug-likeness (QED) is 0.741. The molecule has 0 bridgehead atoms. The summed E-state index contributed by atoms with van der Waals surface area (Å²) >= 11 is 0. The highest BCUT2D eigenvalue weighted by Crippen LogP contribution is 2.22. The molecule has 6 nitrogen and oxygen atoms in total. The molecule has 0 aromatic heterocycles. The van der Waals surface area contributed by atoms with E-state index in [0.717, 1.165) is 19.4 Å². The molecule has 0 radical (unpaired) electrons. The lowest BCUT2D eigenvalue weighted by Crippen LogP contribution is -2.32. The van der Waals surface area contributed by atoms with E-state index in [1.807, 2.05) is 48.7 Å². The summed E-state index contributed by atoms with van der Waals surface area (Å²) in [6.07, 6.45) is 5.31.